The molecule has 6 nitrogen and oxygen atoms in total. The molecular weight excluding hydrogens is 310 g/mol. The minimum Gasteiger partial charge on any atom is -0.315 e. The number of aromatic nitrogens is 1. The van der Waals surface area contributed by atoms with Gasteiger partial charge in [0.25, 0.3) is 10.0 Å². The molecule has 1 aromatic heterocycles. The van der Waals surface area contributed by atoms with E-state index in [9.17, 15) is 13.2 Å². The van der Waals surface area contributed by atoms with E-state index in [1.807, 2.05) is 0 Å². The Labute approximate surface area is 129 Å². The highest BCUT2D eigenvalue weighted by Gasteiger charge is 2.21. The lowest BCUT2D eigenvalue weighted by atomic mass is 10.0. The van der Waals surface area contributed by atoms with Gasteiger partial charge in [-0.05, 0) is 46.2 Å². The molecule has 1 aliphatic heterocycles. The summed E-state index contributed by atoms with van der Waals surface area (Å²) in [4.78, 5) is 15.8. The number of sulfonamides is 1. The number of likely N-dealkylation sites (tertiary alicyclic amines) is 1. The normalized spacial score (nSPS) is 20.8. The van der Waals surface area contributed by atoms with Crippen LogP contribution in [0.25, 0.3) is 0 Å². The number of hydrogen-bond donors (Lipinski definition) is 2. The number of nitrogens with zero attached hydrogens (tertiary/aromatic N) is 1. The molecule has 2 N–H and O–H groups in total. The van der Waals surface area contributed by atoms with Gasteiger partial charge in [-0.15, -0.1) is 0 Å². The van der Waals surface area contributed by atoms with E-state index >= 15 is 0 Å². The van der Waals surface area contributed by atoms with Gasteiger partial charge in [-0.1, -0.05) is 17.8 Å². The zero-order valence-corrected chi connectivity index (χ0v) is 14.1. The van der Waals surface area contributed by atoms with Crippen molar-refractivity contribution in [2.24, 2.45) is 0 Å². The number of hydrogen-bond acceptors (Lipinski definition) is 5. The third-order valence-electron chi connectivity index (χ3n) is 3.88. The Balaban J connectivity index is 1.82. The van der Waals surface area contributed by atoms with Crippen molar-refractivity contribution in [2.45, 2.75) is 49.8 Å². The first-order valence-corrected chi connectivity index (χ1v) is 9.63. The Hall–Kier alpha value is -0.700. The third-order valence-corrected chi connectivity index (χ3v) is 6.95. The molecule has 1 saturated heterocycles. The largest absolute Gasteiger partial charge is 0.315 e. The minimum absolute atomic E-state index is 0.0961. The van der Waals surface area contributed by atoms with Crippen LogP contribution in [0, 0.1) is 6.92 Å². The highest BCUT2D eigenvalue weighted by Crippen LogP contribution is 2.17. The van der Waals surface area contributed by atoms with Gasteiger partial charge in [0, 0.05) is 18.3 Å². The molecule has 1 unspecified atom stereocenters. The predicted molar refractivity (Wildman–Crippen MR) is 84.4 cm³/mol. The van der Waals surface area contributed by atoms with Crippen molar-refractivity contribution in [1.29, 1.82) is 0 Å². The number of aromatic amines is 1. The fraction of sp³-hybridized carbons (Fsp3) is 0.769. The molecule has 1 fully saturated rings. The summed E-state index contributed by atoms with van der Waals surface area (Å²) in [6, 6.07) is 0.590. The fourth-order valence-corrected chi connectivity index (χ4v) is 5.11. The van der Waals surface area contributed by atoms with E-state index in [0.717, 1.165) is 30.8 Å². The number of thiazole rings is 1. The first-order chi connectivity index (χ1) is 9.90. The molecule has 120 valence electrons. The van der Waals surface area contributed by atoms with Gasteiger partial charge in [0.15, 0.2) is 4.21 Å². The molecule has 0 aromatic carbocycles. The summed E-state index contributed by atoms with van der Waals surface area (Å²) in [6.07, 6.45) is 4.52. The van der Waals surface area contributed by atoms with Crippen LogP contribution in [0.4, 0.5) is 0 Å². The summed E-state index contributed by atoms with van der Waals surface area (Å²) in [5.74, 6) is 0. The van der Waals surface area contributed by atoms with E-state index in [0.29, 0.717) is 18.3 Å². The van der Waals surface area contributed by atoms with Crippen molar-refractivity contribution in [3.63, 3.8) is 0 Å². The van der Waals surface area contributed by atoms with Crippen molar-refractivity contribution in [3.8, 4) is 0 Å². The average Bonchev–Trinajstić information content (AvgIpc) is 2.76. The van der Waals surface area contributed by atoms with Crippen LogP contribution in [0.5, 0.6) is 0 Å². The van der Waals surface area contributed by atoms with Crippen LogP contribution >= 0.6 is 11.3 Å². The lowest BCUT2D eigenvalue weighted by molar-refractivity contribution is 0.159. The van der Waals surface area contributed by atoms with Gasteiger partial charge in [-0.3, -0.25) is 4.79 Å². The molecule has 0 saturated carbocycles. The van der Waals surface area contributed by atoms with Gasteiger partial charge in [-0.25, -0.2) is 13.1 Å². The minimum atomic E-state index is -3.57. The second-order valence-electron chi connectivity index (χ2n) is 5.56. The molecule has 1 atom stereocenters. The second-order valence-corrected chi connectivity index (χ2v) is 8.50. The number of aryl methyl sites for hydroxylation is 1. The predicted octanol–water partition coefficient (Wildman–Crippen LogP) is 1.29. The van der Waals surface area contributed by atoms with Crippen LogP contribution in [0.3, 0.4) is 0 Å². The van der Waals surface area contributed by atoms with Crippen molar-refractivity contribution in [1.82, 2.24) is 14.6 Å². The van der Waals surface area contributed by atoms with Crippen LogP contribution in [0.2, 0.25) is 0 Å². The van der Waals surface area contributed by atoms with Gasteiger partial charge in [0.05, 0.1) is 0 Å². The molecule has 2 rings (SSSR count). The van der Waals surface area contributed by atoms with Gasteiger partial charge in [-0.2, -0.15) is 0 Å². The molecule has 0 radical (unpaired) electrons. The molecule has 0 spiro atoms. The lowest BCUT2D eigenvalue weighted by Gasteiger charge is -2.33. The molecule has 8 heteroatoms. The standard InChI is InChI=1S/C13H23N3O3S2/c1-10-6-3-4-8-16(10)9-5-7-14-21(18,19)12-11(2)15-13(17)20-12/h10,14H,3-9H2,1-2H3,(H,15,17). The Kier molecular flexibility index (Phi) is 5.59. The number of H-pyrrole nitrogens is 1. The molecule has 0 bridgehead atoms. The molecule has 0 aliphatic carbocycles. The van der Waals surface area contributed by atoms with E-state index < -0.39 is 10.0 Å². The average molecular weight is 333 g/mol. The summed E-state index contributed by atoms with van der Waals surface area (Å²) in [5.41, 5.74) is 0.405. The van der Waals surface area contributed by atoms with Crippen molar-refractivity contribution in [2.75, 3.05) is 19.6 Å². The summed E-state index contributed by atoms with van der Waals surface area (Å²) in [7, 11) is -3.57. The monoisotopic (exact) mass is 333 g/mol. The summed E-state index contributed by atoms with van der Waals surface area (Å²) >= 11 is 0.736. The Morgan fingerprint density at radius 1 is 1.43 bits per heavy atom. The van der Waals surface area contributed by atoms with E-state index in [4.69, 9.17) is 0 Å². The van der Waals surface area contributed by atoms with Gasteiger partial charge in [0.2, 0.25) is 0 Å². The highest BCUT2D eigenvalue weighted by atomic mass is 32.2. The smallest absolute Gasteiger partial charge is 0.305 e. The van der Waals surface area contributed by atoms with E-state index in [-0.39, 0.29) is 9.08 Å². The number of piperidine rings is 1. The zero-order chi connectivity index (χ0) is 15.5. The maximum absolute atomic E-state index is 12.1. The van der Waals surface area contributed by atoms with Crippen LogP contribution in [0.15, 0.2) is 9.00 Å². The first kappa shape index (κ1) is 16.7. The zero-order valence-electron chi connectivity index (χ0n) is 12.5. The van der Waals surface area contributed by atoms with Gasteiger partial charge >= 0.3 is 4.87 Å². The lowest BCUT2D eigenvalue weighted by Crippen LogP contribution is -2.39. The van der Waals surface area contributed by atoms with Crippen molar-refractivity contribution in [3.05, 3.63) is 15.4 Å². The molecule has 0 amide bonds. The van der Waals surface area contributed by atoms with Gasteiger partial charge in [0.1, 0.15) is 0 Å². The summed E-state index contributed by atoms with van der Waals surface area (Å²) in [5, 5.41) is 0. The van der Waals surface area contributed by atoms with Gasteiger partial charge < -0.3 is 9.88 Å². The Morgan fingerprint density at radius 3 is 2.81 bits per heavy atom. The molecule has 21 heavy (non-hydrogen) atoms. The Bertz CT molecular complexity index is 621. The van der Waals surface area contributed by atoms with E-state index in [1.54, 1.807) is 6.92 Å². The van der Waals surface area contributed by atoms with Crippen LogP contribution in [-0.4, -0.2) is 44.0 Å². The van der Waals surface area contributed by atoms with Crippen LogP contribution in [-0.2, 0) is 10.0 Å². The molecule has 1 aliphatic rings. The molecular formula is C13H23N3O3S2. The maximum Gasteiger partial charge on any atom is 0.305 e. The quantitative estimate of drug-likeness (QED) is 0.769. The van der Waals surface area contributed by atoms with Crippen LogP contribution in [0.1, 0.15) is 38.3 Å². The van der Waals surface area contributed by atoms with Crippen molar-refractivity contribution < 1.29 is 8.42 Å². The summed E-state index contributed by atoms with van der Waals surface area (Å²) < 4.78 is 26.9. The Morgan fingerprint density at radius 2 is 2.19 bits per heavy atom. The fourth-order valence-electron chi connectivity index (χ4n) is 2.69. The second kappa shape index (κ2) is 7.04. The number of rotatable bonds is 6. The first-order valence-electron chi connectivity index (χ1n) is 7.33. The molecule has 2 heterocycles. The highest BCUT2D eigenvalue weighted by molar-refractivity contribution is 7.91. The van der Waals surface area contributed by atoms with E-state index in [2.05, 4.69) is 21.5 Å². The SMILES string of the molecule is Cc1[nH]c(=O)sc1S(=O)(=O)NCCCN1CCCCC1C. The number of nitrogens with one attached hydrogen (secondary N) is 2. The summed E-state index contributed by atoms with van der Waals surface area (Å²) in [6.45, 7) is 6.24. The van der Waals surface area contributed by atoms with E-state index in [1.165, 1.54) is 19.3 Å². The topological polar surface area (TPSA) is 82.3 Å². The third kappa shape index (κ3) is 4.38. The maximum atomic E-state index is 12.1. The molecule has 1 aromatic rings. The van der Waals surface area contributed by atoms with Crippen molar-refractivity contribution >= 4 is 21.4 Å². The van der Waals surface area contributed by atoms with Crippen LogP contribution < -0.4 is 9.60 Å².